The largest absolute Gasteiger partial charge is 0.504 e. The number of phenolic OH excluding ortho intramolecular Hbond substituents is 2. The van der Waals surface area contributed by atoms with E-state index in [0.717, 1.165) is 0 Å². The van der Waals surface area contributed by atoms with Crippen LogP contribution in [0.4, 0.5) is 0 Å². The molecule has 9 nitrogen and oxygen atoms in total. The monoisotopic (exact) mass is 390 g/mol. The quantitative estimate of drug-likeness (QED) is 0.516. The average Bonchev–Trinajstić information content (AvgIpc) is 3.39. The number of hydrogen-bond donors (Lipinski definition) is 2. The summed E-state index contributed by atoms with van der Waals surface area (Å²) in [5, 5.41) is 28.5. The third-order valence-corrected chi connectivity index (χ3v) is 4.53. The van der Waals surface area contributed by atoms with E-state index < -0.39 is 0 Å². The zero-order valence-electron chi connectivity index (χ0n) is 14.9. The van der Waals surface area contributed by atoms with Crippen LogP contribution in [0.3, 0.4) is 0 Å². The molecule has 9 heteroatoms. The first-order chi connectivity index (χ1) is 14.1. The van der Waals surface area contributed by atoms with Crippen molar-refractivity contribution in [2.75, 3.05) is 6.79 Å². The van der Waals surface area contributed by atoms with E-state index in [9.17, 15) is 15.0 Å². The lowest BCUT2D eigenvalue weighted by Crippen LogP contribution is -2.14. The van der Waals surface area contributed by atoms with Crippen molar-refractivity contribution in [2.24, 2.45) is 0 Å². The van der Waals surface area contributed by atoms with Crippen molar-refractivity contribution in [2.45, 2.75) is 0 Å². The van der Waals surface area contributed by atoms with Crippen molar-refractivity contribution in [3.63, 3.8) is 0 Å². The van der Waals surface area contributed by atoms with E-state index in [0.29, 0.717) is 22.9 Å². The van der Waals surface area contributed by atoms with Crippen LogP contribution in [0, 0.1) is 0 Å². The summed E-state index contributed by atoms with van der Waals surface area (Å²) in [6.45, 7) is 0.156. The Balaban J connectivity index is 1.64. The van der Waals surface area contributed by atoms with Gasteiger partial charge in [0, 0.05) is 18.3 Å². The maximum Gasteiger partial charge on any atom is 0.231 e. The predicted octanol–water partition coefficient (Wildman–Crippen LogP) is 2.23. The molecule has 5 rings (SSSR count). The molecule has 144 valence electrons. The minimum absolute atomic E-state index is 0.130. The van der Waals surface area contributed by atoms with E-state index in [2.05, 4.69) is 10.2 Å². The van der Waals surface area contributed by atoms with Crippen molar-refractivity contribution in [1.82, 2.24) is 19.6 Å². The van der Waals surface area contributed by atoms with E-state index in [-0.39, 0.29) is 35.1 Å². The number of phenols is 2. The van der Waals surface area contributed by atoms with Crippen LogP contribution in [-0.4, -0.2) is 36.6 Å². The SMILES string of the molecule is O=c1ccn(-c2cccc(O)c2O)nc1-c1ccnn1-c1ccc2c(c1)OCO2. The molecule has 1 aliphatic rings. The lowest BCUT2D eigenvalue weighted by Gasteiger charge is -2.11. The minimum Gasteiger partial charge on any atom is -0.504 e. The highest BCUT2D eigenvalue weighted by Gasteiger charge is 2.18. The first-order valence-corrected chi connectivity index (χ1v) is 8.67. The number of nitrogens with zero attached hydrogens (tertiary/aromatic N) is 4. The molecule has 3 heterocycles. The van der Waals surface area contributed by atoms with Gasteiger partial charge < -0.3 is 19.7 Å². The molecule has 0 saturated carbocycles. The molecule has 0 fully saturated rings. The van der Waals surface area contributed by atoms with Gasteiger partial charge >= 0.3 is 0 Å². The summed E-state index contributed by atoms with van der Waals surface area (Å²) in [6.07, 6.45) is 2.98. The smallest absolute Gasteiger partial charge is 0.231 e. The predicted molar refractivity (Wildman–Crippen MR) is 102 cm³/mol. The Labute approximate surface area is 163 Å². The van der Waals surface area contributed by atoms with Gasteiger partial charge in [-0.3, -0.25) is 4.79 Å². The fourth-order valence-corrected chi connectivity index (χ4v) is 3.13. The number of para-hydroxylation sites is 1. The maximum atomic E-state index is 12.6. The highest BCUT2D eigenvalue weighted by molar-refractivity contribution is 5.60. The molecule has 0 spiro atoms. The Morgan fingerprint density at radius 3 is 2.76 bits per heavy atom. The zero-order valence-corrected chi connectivity index (χ0v) is 14.9. The van der Waals surface area contributed by atoms with E-state index >= 15 is 0 Å². The topological polar surface area (TPSA) is 112 Å². The molecule has 0 aliphatic carbocycles. The normalized spacial score (nSPS) is 12.3. The number of aromatic nitrogens is 4. The number of rotatable bonds is 3. The van der Waals surface area contributed by atoms with Gasteiger partial charge in [-0.25, -0.2) is 9.36 Å². The minimum atomic E-state index is -0.334. The van der Waals surface area contributed by atoms with Gasteiger partial charge in [0.25, 0.3) is 0 Å². The van der Waals surface area contributed by atoms with Gasteiger partial charge in [-0.2, -0.15) is 10.2 Å². The Kier molecular flexibility index (Phi) is 3.73. The summed E-state index contributed by atoms with van der Waals surface area (Å²) in [5.41, 5.74) is 1.18. The van der Waals surface area contributed by atoms with Crippen LogP contribution in [0.15, 0.2) is 65.7 Å². The second-order valence-corrected chi connectivity index (χ2v) is 6.28. The van der Waals surface area contributed by atoms with Crippen molar-refractivity contribution in [1.29, 1.82) is 0 Å². The second-order valence-electron chi connectivity index (χ2n) is 6.28. The maximum absolute atomic E-state index is 12.6. The molecular formula is C20H14N4O5. The number of fused-ring (bicyclic) bond motifs is 1. The van der Waals surface area contributed by atoms with Crippen molar-refractivity contribution < 1.29 is 19.7 Å². The first-order valence-electron chi connectivity index (χ1n) is 8.67. The lowest BCUT2D eigenvalue weighted by atomic mass is 10.2. The second kappa shape index (κ2) is 6.41. The third kappa shape index (κ3) is 2.76. The van der Waals surface area contributed by atoms with Crippen LogP contribution >= 0.6 is 0 Å². The Morgan fingerprint density at radius 2 is 1.86 bits per heavy atom. The van der Waals surface area contributed by atoms with Crippen LogP contribution in [0.25, 0.3) is 22.8 Å². The van der Waals surface area contributed by atoms with Crippen LogP contribution in [0.5, 0.6) is 23.0 Å². The molecule has 2 N–H and O–H groups in total. The fourth-order valence-electron chi connectivity index (χ4n) is 3.13. The molecule has 1 aliphatic heterocycles. The molecule has 0 saturated heterocycles. The molecule has 0 amide bonds. The average molecular weight is 390 g/mol. The number of aromatic hydroxyl groups is 2. The Bertz CT molecular complexity index is 1290. The van der Waals surface area contributed by atoms with Crippen molar-refractivity contribution in [3.8, 4) is 45.8 Å². The summed E-state index contributed by atoms with van der Waals surface area (Å²) in [4.78, 5) is 12.6. The van der Waals surface area contributed by atoms with Crippen LogP contribution in [-0.2, 0) is 0 Å². The molecule has 0 radical (unpaired) electrons. The van der Waals surface area contributed by atoms with E-state index in [4.69, 9.17) is 9.47 Å². The highest BCUT2D eigenvalue weighted by atomic mass is 16.7. The molecule has 0 bridgehead atoms. The summed E-state index contributed by atoms with van der Waals surface area (Å²) in [5.74, 6) is 0.614. The van der Waals surface area contributed by atoms with Gasteiger partial charge in [0.05, 0.1) is 17.6 Å². The molecule has 2 aromatic heterocycles. The van der Waals surface area contributed by atoms with Crippen molar-refractivity contribution in [3.05, 3.63) is 71.1 Å². The first kappa shape index (κ1) is 16.9. The van der Waals surface area contributed by atoms with E-state index in [1.807, 2.05) is 0 Å². The molecule has 0 unspecified atom stereocenters. The summed E-state index contributed by atoms with van der Waals surface area (Å²) in [7, 11) is 0. The van der Waals surface area contributed by atoms with Crippen molar-refractivity contribution >= 4 is 0 Å². The number of hydrogen-bond acceptors (Lipinski definition) is 7. The Morgan fingerprint density at radius 1 is 1.00 bits per heavy atom. The van der Waals surface area contributed by atoms with Crippen LogP contribution < -0.4 is 14.9 Å². The molecule has 2 aromatic carbocycles. The molecule has 4 aromatic rings. The van der Waals surface area contributed by atoms with Gasteiger partial charge in [0.15, 0.2) is 28.7 Å². The third-order valence-electron chi connectivity index (χ3n) is 4.53. The molecule has 29 heavy (non-hydrogen) atoms. The van der Waals surface area contributed by atoms with Gasteiger partial charge in [0.1, 0.15) is 5.69 Å². The lowest BCUT2D eigenvalue weighted by molar-refractivity contribution is 0.174. The molecule has 0 atom stereocenters. The Hall–Kier alpha value is -4.27. The highest BCUT2D eigenvalue weighted by Crippen LogP contribution is 2.34. The summed E-state index contributed by atoms with van der Waals surface area (Å²) >= 11 is 0. The number of ether oxygens (including phenoxy) is 2. The number of benzene rings is 2. The van der Waals surface area contributed by atoms with Gasteiger partial charge in [-0.15, -0.1) is 0 Å². The fraction of sp³-hybridized carbons (Fsp3) is 0.0500. The van der Waals surface area contributed by atoms with E-state index in [1.54, 1.807) is 47.3 Å². The van der Waals surface area contributed by atoms with Crippen LogP contribution in [0.2, 0.25) is 0 Å². The summed E-state index contributed by atoms with van der Waals surface area (Å²) in [6, 6.07) is 12.8. The van der Waals surface area contributed by atoms with Gasteiger partial charge in [-0.1, -0.05) is 6.07 Å². The zero-order chi connectivity index (χ0) is 20.0. The van der Waals surface area contributed by atoms with Gasteiger partial charge in [0.2, 0.25) is 12.2 Å². The van der Waals surface area contributed by atoms with Gasteiger partial charge in [-0.05, 0) is 30.3 Å². The molecular weight excluding hydrogens is 376 g/mol. The summed E-state index contributed by atoms with van der Waals surface area (Å²) < 4.78 is 13.6. The van der Waals surface area contributed by atoms with E-state index in [1.165, 1.54) is 23.0 Å². The standard InChI is InChI=1S/C20H14N4O5/c25-15-7-9-23(14-2-1-3-16(26)20(14)27)22-19(15)13-6-8-21-24(13)12-4-5-17-18(10-12)29-11-28-17/h1-10,26-27H,11H2. The van der Waals surface area contributed by atoms with Crippen LogP contribution in [0.1, 0.15) is 0 Å².